The number of nitrogens with zero attached hydrogens (tertiary/aromatic N) is 2. The van der Waals surface area contributed by atoms with Gasteiger partial charge in [0, 0.05) is 5.69 Å². The molecule has 0 radical (unpaired) electrons. The lowest BCUT2D eigenvalue weighted by atomic mass is 10.2. The van der Waals surface area contributed by atoms with Gasteiger partial charge in [0.2, 0.25) is 0 Å². The van der Waals surface area contributed by atoms with E-state index in [4.69, 9.17) is 5.73 Å². The number of hydrogen-bond acceptors (Lipinski definition) is 3. The molecular weight excluding hydrogens is 210 g/mol. The molecule has 0 aliphatic rings. The Hall–Kier alpha value is -2.16. The molecular formula is C14H15N3. The summed E-state index contributed by atoms with van der Waals surface area (Å²) in [4.78, 5) is 0. The molecule has 0 unspecified atom stereocenters. The molecule has 2 aromatic carbocycles. The van der Waals surface area contributed by atoms with E-state index >= 15 is 0 Å². The van der Waals surface area contributed by atoms with E-state index in [1.54, 1.807) is 0 Å². The molecule has 0 fully saturated rings. The molecule has 0 spiro atoms. The van der Waals surface area contributed by atoms with E-state index in [0.29, 0.717) is 0 Å². The summed E-state index contributed by atoms with van der Waals surface area (Å²) in [5, 5.41) is 8.49. The number of nitrogens with two attached hydrogens (primary N) is 1. The summed E-state index contributed by atoms with van der Waals surface area (Å²) in [6, 6.07) is 13.6. The minimum absolute atomic E-state index is 0.742. The summed E-state index contributed by atoms with van der Waals surface area (Å²) in [7, 11) is 0. The number of aryl methyl sites for hydroxylation is 1. The maximum atomic E-state index is 5.82. The first-order valence-corrected chi connectivity index (χ1v) is 5.51. The van der Waals surface area contributed by atoms with Crippen LogP contribution in [0.1, 0.15) is 11.1 Å². The second-order valence-corrected chi connectivity index (χ2v) is 3.98. The Morgan fingerprint density at radius 3 is 2.24 bits per heavy atom. The van der Waals surface area contributed by atoms with Crippen LogP contribution < -0.4 is 5.73 Å². The molecule has 3 heteroatoms. The minimum atomic E-state index is 0.742. The quantitative estimate of drug-likeness (QED) is 0.601. The van der Waals surface area contributed by atoms with Crippen LogP contribution in [0.25, 0.3) is 0 Å². The van der Waals surface area contributed by atoms with E-state index in [-0.39, 0.29) is 0 Å². The lowest BCUT2D eigenvalue weighted by molar-refractivity contribution is 1.19. The topological polar surface area (TPSA) is 50.7 Å². The van der Waals surface area contributed by atoms with E-state index in [1.807, 2.05) is 56.3 Å². The summed E-state index contributed by atoms with van der Waals surface area (Å²) in [6.07, 6.45) is 0. The van der Waals surface area contributed by atoms with Crippen LogP contribution in [0.2, 0.25) is 0 Å². The maximum Gasteiger partial charge on any atom is 0.0906 e. The van der Waals surface area contributed by atoms with Gasteiger partial charge in [-0.1, -0.05) is 24.3 Å². The van der Waals surface area contributed by atoms with Gasteiger partial charge in [0.25, 0.3) is 0 Å². The van der Waals surface area contributed by atoms with Crippen LogP contribution >= 0.6 is 0 Å². The zero-order valence-corrected chi connectivity index (χ0v) is 10.0. The molecule has 0 bridgehead atoms. The molecule has 3 nitrogen and oxygen atoms in total. The molecule has 0 amide bonds. The third kappa shape index (κ3) is 2.50. The summed E-state index contributed by atoms with van der Waals surface area (Å²) < 4.78 is 0. The maximum absolute atomic E-state index is 5.82. The van der Waals surface area contributed by atoms with Gasteiger partial charge in [-0.15, -0.1) is 0 Å². The van der Waals surface area contributed by atoms with Gasteiger partial charge in [-0.3, -0.25) is 0 Å². The SMILES string of the molecule is Cc1ccccc1N=Nc1cccc(N)c1C. The van der Waals surface area contributed by atoms with E-state index in [9.17, 15) is 0 Å². The van der Waals surface area contributed by atoms with Gasteiger partial charge in [0.15, 0.2) is 0 Å². The molecule has 0 heterocycles. The van der Waals surface area contributed by atoms with E-state index in [1.165, 1.54) is 0 Å². The molecule has 2 rings (SSSR count). The average molecular weight is 225 g/mol. The third-order valence-electron chi connectivity index (χ3n) is 2.73. The Bertz CT molecular complexity index is 559. The first-order chi connectivity index (χ1) is 8.18. The van der Waals surface area contributed by atoms with Gasteiger partial charge < -0.3 is 5.73 Å². The summed E-state index contributed by atoms with van der Waals surface area (Å²) >= 11 is 0. The third-order valence-corrected chi connectivity index (χ3v) is 2.73. The monoisotopic (exact) mass is 225 g/mol. The Morgan fingerprint density at radius 2 is 1.47 bits per heavy atom. The Kier molecular flexibility index (Phi) is 3.19. The van der Waals surface area contributed by atoms with Gasteiger partial charge in [-0.2, -0.15) is 10.2 Å². The lowest BCUT2D eigenvalue weighted by Gasteiger charge is -2.02. The highest BCUT2D eigenvalue weighted by Gasteiger charge is 2.00. The second kappa shape index (κ2) is 4.78. The van der Waals surface area contributed by atoms with Crippen molar-refractivity contribution in [3.05, 3.63) is 53.6 Å². The van der Waals surface area contributed by atoms with E-state index in [0.717, 1.165) is 28.2 Å². The number of nitrogen functional groups attached to an aromatic ring is 1. The Morgan fingerprint density at radius 1 is 0.824 bits per heavy atom. The highest BCUT2D eigenvalue weighted by Crippen LogP contribution is 2.26. The fourth-order valence-corrected chi connectivity index (χ4v) is 1.53. The van der Waals surface area contributed by atoms with Crippen LogP contribution in [0.5, 0.6) is 0 Å². The van der Waals surface area contributed by atoms with Crippen molar-refractivity contribution >= 4 is 17.1 Å². The molecule has 0 saturated heterocycles. The summed E-state index contributed by atoms with van der Waals surface area (Å²) in [5.41, 5.74) is 10.3. The molecule has 2 N–H and O–H groups in total. The van der Waals surface area contributed by atoms with Crippen LogP contribution in [-0.4, -0.2) is 0 Å². The van der Waals surface area contributed by atoms with Crippen molar-refractivity contribution in [2.45, 2.75) is 13.8 Å². The molecule has 86 valence electrons. The van der Waals surface area contributed by atoms with Crippen molar-refractivity contribution in [1.29, 1.82) is 0 Å². The number of hydrogen-bond donors (Lipinski definition) is 1. The second-order valence-electron chi connectivity index (χ2n) is 3.98. The molecule has 0 atom stereocenters. The predicted octanol–water partition coefficient (Wildman–Crippen LogP) is 4.30. The Balaban J connectivity index is 2.33. The normalized spacial score (nSPS) is 10.9. The summed E-state index contributed by atoms with van der Waals surface area (Å²) in [5.74, 6) is 0. The van der Waals surface area contributed by atoms with Crippen LogP contribution in [-0.2, 0) is 0 Å². The Labute approximate surface area is 101 Å². The fourth-order valence-electron chi connectivity index (χ4n) is 1.53. The zero-order chi connectivity index (χ0) is 12.3. The first-order valence-electron chi connectivity index (χ1n) is 5.51. The average Bonchev–Trinajstić information content (AvgIpc) is 2.33. The van der Waals surface area contributed by atoms with Crippen molar-refractivity contribution in [3.8, 4) is 0 Å². The van der Waals surface area contributed by atoms with Gasteiger partial charge in [-0.05, 0) is 43.2 Å². The fraction of sp³-hybridized carbons (Fsp3) is 0.143. The van der Waals surface area contributed by atoms with Gasteiger partial charge in [0.05, 0.1) is 11.4 Å². The molecule has 2 aromatic rings. The highest BCUT2D eigenvalue weighted by molar-refractivity contribution is 5.59. The van der Waals surface area contributed by atoms with Crippen molar-refractivity contribution < 1.29 is 0 Å². The van der Waals surface area contributed by atoms with Gasteiger partial charge in [0.1, 0.15) is 0 Å². The van der Waals surface area contributed by atoms with Crippen molar-refractivity contribution in [1.82, 2.24) is 0 Å². The standard InChI is InChI=1S/C14H15N3/c1-10-6-3-4-8-13(10)16-17-14-9-5-7-12(15)11(14)2/h3-9H,15H2,1-2H3. The smallest absolute Gasteiger partial charge is 0.0906 e. The summed E-state index contributed by atoms with van der Waals surface area (Å²) in [6.45, 7) is 3.96. The van der Waals surface area contributed by atoms with Crippen LogP contribution in [0, 0.1) is 13.8 Å². The number of azo groups is 1. The molecule has 0 aliphatic carbocycles. The first kappa shape index (κ1) is 11.3. The number of rotatable bonds is 2. The lowest BCUT2D eigenvalue weighted by Crippen LogP contribution is -1.87. The largest absolute Gasteiger partial charge is 0.398 e. The van der Waals surface area contributed by atoms with E-state index < -0.39 is 0 Å². The zero-order valence-electron chi connectivity index (χ0n) is 10.0. The van der Waals surface area contributed by atoms with Gasteiger partial charge >= 0.3 is 0 Å². The van der Waals surface area contributed by atoms with Crippen LogP contribution in [0.4, 0.5) is 17.1 Å². The number of benzene rings is 2. The molecule has 0 saturated carbocycles. The van der Waals surface area contributed by atoms with Gasteiger partial charge in [-0.25, -0.2) is 0 Å². The predicted molar refractivity (Wildman–Crippen MR) is 70.9 cm³/mol. The van der Waals surface area contributed by atoms with Crippen molar-refractivity contribution in [2.75, 3.05) is 5.73 Å². The van der Waals surface area contributed by atoms with Crippen molar-refractivity contribution in [2.24, 2.45) is 10.2 Å². The highest BCUT2D eigenvalue weighted by atomic mass is 15.1. The molecule has 0 aromatic heterocycles. The van der Waals surface area contributed by atoms with Crippen LogP contribution in [0.3, 0.4) is 0 Å². The number of anilines is 1. The van der Waals surface area contributed by atoms with E-state index in [2.05, 4.69) is 10.2 Å². The molecule has 17 heavy (non-hydrogen) atoms. The minimum Gasteiger partial charge on any atom is -0.398 e. The molecule has 0 aliphatic heterocycles. The van der Waals surface area contributed by atoms with Crippen molar-refractivity contribution in [3.63, 3.8) is 0 Å². The van der Waals surface area contributed by atoms with Crippen LogP contribution in [0.15, 0.2) is 52.7 Å².